The van der Waals surface area contributed by atoms with Crippen molar-refractivity contribution in [2.75, 3.05) is 4.90 Å². The van der Waals surface area contributed by atoms with Crippen LogP contribution in [0.1, 0.15) is 25.0 Å². The third-order valence-corrected chi connectivity index (χ3v) is 11.7. The molecule has 0 amide bonds. The number of benzene rings is 9. The first-order valence-corrected chi connectivity index (χ1v) is 19.5. The molecule has 0 heterocycles. The Morgan fingerprint density at radius 1 is 0.321 bits per heavy atom. The Morgan fingerprint density at radius 3 is 1.62 bits per heavy atom. The van der Waals surface area contributed by atoms with Crippen LogP contribution < -0.4 is 4.90 Å². The van der Waals surface area contributed by atoms with E-state index in [9.17, 15) is 0 Å². The molecule has 1 aliphatic carbocycles. The Balaban J connectivity index is 1.22. The van der Waals surface area contributed by atoms with Crippen molar-refractivity contribution in [3.63, 3.8) is 0 Å². The summed E-state index contributed by atoms with van der Waals surface area (Å²) in [5, 5.41) is 2.49. The molecule has 0 saturated heterocycles. The minimum atomic E-state index is -0.131. The predicted octanol–water partition coefficient (Wildman–Crippen LogP) is 15.3. The second-order valence-electron chi connectivity index (χ2n) is 15.3. The van der Waals surface area contributed by atoms with Gasteiger partial charge in [0.15, 0.2) is 0 Å². The molecular weight excluding hydrogens is 675 g/mol. The maximum atomic E-state index is 2.51. The van der Waals surface area contributed by atoms with Gasteiger partial charge in [-0.3, -0.25) is 0 Å². The SMILES string of the molecule is CC1(C)c2ccccc2-c2c(N(c3cccc(-c4ccc5ccccc5c4)c3)c3ccccc3-c3ccccc3-c3ccccc3-c3ccccc3)cccc21. The lowest BCUT2D eigenvalue weighted by atomic mass is 9.82. The summed E-state index contributed by atoms with van der Waals surface area (Å²) >= 11 is 0. The summed E-state index contributed by atoms with van der Waals surface area (Å²) in [5.74, 6) is 0. The van der Waals surface area contributed by atoms with E-state index < -0.39 is 0 Å². The highest BCUT2D eigenvalue weighted by Gasteiger charge is 2.38. The van der Waals surface area contributed by atoms with Crippen molar-refractivity contribution in [3.8, 4) is 55.6 Å². The minimum absolute atomic E-state index is 0.131. The van der Waals surface area contributed by atoms with Crippen LogP contribution in [-0.2, 0) is 5.41 Å². The Morgan fingerprint density at radius 2 is 0.839 bits per heavy atom. The molecule has 0 spiro atoms. The molecule has 9 aromatic carbocycles. The third kappa shape index (κ3) is 5.63. The second kappa shape index (κ2) is 13.7. The highest BCUT2D eigenvalue weighted by atomic mass is 15.1. The fraction of sp³-hybridized carbons (Fsp3) is 0.0545. The molecule has 0 radical (unpaired) electrons. The van der Waals surface area contributed by atoms with Gasteiger partial charge in [0.05, 0.1) is 11.4 Å². The van der Waals surface area contributed by atoms with Gasteiger partial charge >= 0.3 is 0 Å². The normalized spacial score (nSPS) is 12.6. The molecule has 1 aliphatic rings. The van der Waals surface area contributed by atoms with E-state index >= 15 is 0 Å². The van der Waals surface area contributed by atoms with Gasteiger partial charge in [0.1, 0.15) is 0 Å². The monoisotopic (exact) mass is 715 g/mol. The minimum Gasteiger partial charge on any atom is -0.309 e. The maximum Gasteiger partial charge on any atom is 0.0543 e. The molecule has 1 nitrogen and oxygen atoms in total. The number of rotatable bonds is 7. The summed E-state index contributed by atoms with van der Waals surface area (Å²) in [6, 6.07) is 77.7. The van der Waals surface area contributed by atoms with Gasteiger partial charge in [-0.2, -0.15) is 0 Å². The summed E-state index contributed by atoms with van der Waals surface area (Å²) < 4.78 is 0. The van der Waals surface area contributed by atoms with Gasteiger partial charge in [0.25, 0.3) is 0 Å². The van der Waals surface area contributed by atoms with Crippen LogP contribution in [0.3, 0.4) is 0 Å². The van der Waals surface area contributed by atoms with Gasteiger partial charge in [0.2, 0.25) is 0 Å². The summed E-state index contributed by atoms with van der Waals surface area (Å²) in [6.07, 6.45) is 0. The Labute approximate surface area is 329 Å². The van der Waals surface area contributed by atoms with Crippen molar-refractivity contribution in [1.82, 2.24) is 0 Å². The average molecular weight is 716 g/mol. The van der Waals surface area contributed by atoms with Gasteiger partial charge in [-0.15, -0.1) is 0 Å². The van der Waals surface area contributed by atoms with Crippen molar-refractivity contribution in [1.29, 1.82) is 0 Å². The van der Waals surface area contributed by atoms with E-state index in [1.165, 1.54) is 83.2 Å². The molecule has 0 saturated carbocycles. The molecule has 0 atom stereocenters. The molecule has 9 aromatic rings. The smallest absolute Gasteiger partial charge is 0.0543 e. The van der Waals surface area contributed by atoms with Gasteiger partial charge in [0, 0.05) is 22.2 Å². The zero-order valence-electron chi connectivity index (χ0n) is 31.7. The van der Waals surface area contributed by atoms with E-state index in [4.69, 9.17) is 0 Å². The van der Waals surface area contributed by atoms with Crippen molar-refractivity contribution in [2.45, 2.75) is 19.3 Å². The van der Waals surface area contributed by atoms with Crippen molar-refractivity contribution in [2.24, 2.45) is 0 Å². The van der Waals surface area contributed by atoms with Crippen LogP contribution in [0.2, 0.25) is 0 Å². The molecule has 266 valence electrons. The number of para-hydroxylation sites is 1. The van der Waals surface area contributed by atoms with Crippen LogP contribution in [0.5, 0.6) is 0 Å². The van der Waals surface area contributed by atoms with Crippen molar-refractivity contribution >= 4 is 27.8 Å². The number of hydrogen-bond acceptors (Lipinski definition) is 1. The van der Waals surface area contributed by atoms with Crippen molar-refractivity contribution in [3.05, 3.63) is 223 Å². The molecule has 0 aliphatic heterocycles. The predicted molar refractivity (Wildman–Crippen MR) is 238 cm³/mol. The Bertz CT molecular complexity index is 2900. The van der Waals surface area contributed by atoms with Crippen LogP contribution in [-0.4, -0.2) is 0 Å². The second-order valence-corrected chi connectivity index (χ2v) is 15.3. The van der Waals surface area contributed by atoms with E-state index in [2.05, 4.69) is 231 Å². The number of hydrogen-bond donors (Lipinski definition) is 0. The molecular formula is C55H41N. The maximum absolute atomic E-state index is 2.51. The van der Waals surface area contributed by atoms with Crippen LogP contribution in [0.4, 0.5) is 17.1 Å². The van der Waals surface area contributed by atoms with E-state index in [0.29, 0.717) is 0 Å². The lowest BCUT2D eigenvalue weighted by Crippen LogP contribution is -2.16. The molecule has 0 N–H and O–H groups in total. The molecule has 0 aromatic heterocycles. The molecule has 10 rings (SSSR count). The lowest BCUT2D eigenvalue weighted by molar-refractivity contribution is 0.660. The van der Waals surface area contributed by atoms with E-state index in [1.54, 1.807) is 0 Å². The lowest BCUT2D eigenvalue weighted by Gasteiger charge is -2.31. The van der Waals surface area contributed by atoms with Gasteiger partial charge < -0.3 is 4.90 Å². The summed E-state index contributed by atoms with van der Waals surface area (Å²) in [4.78, 5) is 2.51. The summed E-state index contributed by atoms with van der Waals surface area (Å²) in [5.41, 5.74) is 18.2. The van der Waals surface area contributed by atoms with E-state index in [0.717, 1.165) is 11.4 Å². The standard InChI is InChI=1S/C55H41N/c1-55(2)50-30-14-12-29-49(50)54-51(55)31-17-33-53(54)56(43-23-16-22-41(37-43)42-35-34-38-18-6-7-21-40(38)36-42)52-32-15-13-28-48(52)47-27-11-10-26-46(47)45-25-9-8-24-44(45)39-19-4-3-5-20-39/h3-37H,1-2H3. The topological polar surface area (TPSA) is 3.24 Å². The summed E-state index contributed by atoms with van der Waals surface area (Å²) in [6.45, 7) is 4.72. The number of anilines is 3. The first-order valence-electron chi connectivity index (χ1n) is 19.5. The molecule has 56 heavy (non-hydrogen) atoms. The Kier molecular flexibility index (Phi) is 8.23. The fourth-order valence-electron chi connectivity index (χ4n) is 8.96. The van der Waals surface area contributed by atoms with Gasteiger partial charge in [-0.1, -0.05) is 196 Å². The molecule has 1 heteroatoms. The molecule has 0 fully saturated rings. The molecule has 0 bridgehead atoms. The zero-order valence-corrected chi connectivity index (χ0v) is 31.7. The van der Waals surface area contributed by atoms with Crippen LogP contribution in [0.25, 0.3) is 66.4 Å². The number of fused-ring (bicyclic) bond motifs is 4. The van der Waals surface area contributed by atoms with Crippen LogP contribution >= 0.6 is 0 Å². The van der Waals surface area contributed by atoms with Crippen LogP contribution in [0, 0.1) is 0 Å². The number of nitrogens with zero attached hydrogens (tertiary/aromatic N) is 1. The first kappa shape index (κ1) is 33.6. The van der Waals surface area contributed by atoms with Crippen LogP contribution in [0.15, 0.2) is 212 Å². The molecule has 0 unspecified atom stereocenters. The highest BCUT2D eigenvalue weighted by Crippen LogP contribution is 2.55. The van der Waals surface area contributed by atoms with E-state index in [-0.39, 0.29) is 5.41 Å². The highest BCUT2D eigenvalue weighted by molar-refractivity contribution is 6.01. The van der Waals surface area contributed by atoms with Gasteiger partial charge in [-0.25, -0.2) is 0 Å². The first-order chi connectivity index (χ1) is 27.6. The Hall–Kier alpha value is -6.96. The third-order valence-electron chi connectivity index (χ3n) is 11.7. The van der Waals surface area contributed by atoms with Gasteiger partial charge in [-0.05, 0) is 96.7 Å². The summed E-state index contributed by atoms with van der Waals surface area (Å²) in [7, 11) is 0. The average Bonchev–Trinajstić information content (AvgIpc) is 3.50. The zero-order chi connectivity index (χ0) is 37.6. The van der Waals surface area contributed by atoms with Crippen molar-refractivity contribution < 1.29 is 0 Å². The van der Waals surface area contributed by atoms with E-state index in [1.807, 2.05) is 0 Å². The quantitative estimate of drug-likeness (QED) is 0.159. The fourth-order valence-corrected chi connectivity index (χ4v) is 8.96. The largest absolute Gasteiger partial charge is 0.309 e.